The van der Waals surface area contributed by atoms with Crippen LogP contribution in [0.15, 0.2) is 24.3 Å². The number of benzene rings is 1. The van der Waals surface area contributed by atoms with Crippen molar-refractivity contribution in [2.24, 2.45) is 0 Å². The number of amides is 1. The summed E-state index contributed by atoms with van der Waals surface area (Å²) in [7, 11) is -1.62. The van der Waals surface area contributed by atoms with Gasteiger partial charge in [0.15, 0.2) is 8.24 Å². The lowest BCUT2D eigenvalue weighted by Gasteiger charge is -2.36. The molecule has 4 heteroatoms. The van der Waals surface area contributed by atoms with Gasteiger partial charge in [-0.25, -0.2) is 0 Å². The Hall–Kier alpha value is -1.29. The van der Waals surface area contributed by atoms with Crippen molar-refractivity contribution >= 4 is 19.8 Å². The molecule has 1 rings (SSSR count). The number of hydrogen-bond donors (Lipinski definition) is 1. The number of anilines is 1. The molecular weight excluding hydrogens is 216 g/mol. The second-order valence-corrected chi connectivity index (χ2v) is 9.75. The third kappa shape index (κ3) is 3.10. The lowest BCUT2D eigenvalue weighted by molar-refractivity contribution is -0.118. The van der Waals surface area contributed by atoms with Crippen LogP contribution in [0.1, 0.15) is 12.5 Å². The van der Waals surface area contributed by atoms with Crippen LogP contribution in [0.3, 0.4) is 0 Å². The molecule has 0 fully saturated rings. The van der Waals surface area contributed by atoms with Crippen LogP contribution in [0.4, 0.5) is 5.69 Å². The molecule has 0 aromatic heterocycles. The summed E-state index contributed by atoms with van der Waals surface area (Å²) in [4.78, 5) is 11.3. The molecule has 0 aliphatic carbocycles. The van der Waals surface area contributed by atoms with Crippen LogP contribution in [0, 0.1) is 6.92 Å². The molecule has 0 spiro atoms. The molecule has 88 valence electrons. The standard InChI is InChI=1S/C12H20N2OSi/c1-10-8-6-7-9-12(10)14(13-11(2)15)16(3,4)5/h6-9H,1-5H3,(H,13,15). The Kier molecular flexibility index (Phi) is 3.75. The Morgan fingerprint density at radius 1 is 1.25 bits per heavy atom. The minimum Gasteiger partial charge on any atom is -0.314 e. The normalized spacial score (nSPS) is 11.1. The molecule has 0 bridgehead atoms. The summed E-state index contributed by atoms with van der Waals surface area (Å²) < 4.78 is 2.05. The van der Waals surface area contributed by atoms with E-state index in [1.807, 2.05) is 22.9 Å². The van der Waals surface area contributed by atoms with Crippen LogP contribution in [-0.4, -0.2) is 14.1 Å². The van der Waals surface area contributed by atoms with Gasteiger partial charge in [0.1, 0.15) is 0 Å². The topological polar surface area (TPSA) is 32.3 Å². The molecular formula is C12H20N2OSi. The first-order valence-electron chi connectivity index (χ1n) is 5.45. The van der Waals surface area contributed by atoms with Gasteiger partial charge in [-0.05, 0) is 38.2 Å². The number of rotatable bonds is 3. The van der Waals surface area contributed by atoms with Gasteiger partial charge in [0, 0.05) is 6.92 Å². The lowest BCUT2D eigenvalue weighted by Crippen LogP contribution is -2.56. The van der Waals surface area contributed by atoms with Gasteiger partial charge < -0.3 is 4.67 Å². The molecule has 1 aromatic rings. The van der Waals surface area contributed by atoms with E-state index < -0.39 is 8.24 Å². The second kappa shape index (κ2) is 4.70. The van der Waals surface area contributed by atoms with E-state index in [1.54, 1.807) is 6.92 Å². The summed E-state index contributed by atoms with van der Waals surface area (Å²) in [5.74, 6) is -0.0225. The van der Waals surface area contributed by atoms with Crippen LogP contribution in [0.5, 0.6) is 0 Å². The van der Waals surface area contributed by atoms with Crippen molar-refractivity contribution in [3.63, 3.8) is 0 Å². The van der Waals surface area contributed by atoms with E-state index in [0.717, 1.165) is 5.69 Å². The molecule has 0 saturated carbocycles. The van der Waals surface area contributed by atoms with Crippen LogP contribution < -0.4 is 10.1 Å². The van der Waals surface area contributed by atoms with Gasteiger partial charge in [-0.1, -0.05) is 18.2 Å². The molecule has 1 amide bonds. The van der Waals surface area contributed by atoms with Gasteiger partial charge in [-0.3, -0.25) is 10.2 Å². The third-order valence-electron chi connectivity index (χ3n) is 2.30. The highest BCUT2D eigenvalue weighted by Crippen LogP contribution is 2.23. The molecule has 1 aromatic carbocycles. The summed E-state index contributed by atoms with van der Waals surface area (Å²) in [6.45, 7) is 10.2. The van der Waals surface area contributed by atoms with Gasteiger partial charge in [0.25, 0.3) is 0 Å². The molecule has 0 atom stereocenters. The first-order valence-corrected chi connectivity index (χ1v) is 8.90. The number of para-hydroxylation sites is 1. The number of aryl methyl sites for hydroxylation is 1. The number of nitrogens with one attached hydrogen (secondary N) is 1. The number of carbonyl (C=O) groups excluding carboxylic acids is 1. The van der Waals surface area contributed by atoms with Gasteiger partial charge in [-0.2, -0.15) is 0 Å². The maximum atomic E-state index is 11.3. The van der Waals surface area contributed by atoms with Crippen molar-refractivity contribution in [1.29, 1.82) is 0 Å². The molecule has 0 radical (unpaired) electrons. The zero-order valence-corrected chi connectivity index (χ0v) is 11.7. The SMILES string of the molecule is CC(=O)NN(c1ccccc1C)[Si](C)(C)C. The number of hydrogen-bond acceptors (Lipinski definition) is 2. The van der Waals surface area contributed by atoms with Gasteiger partial charge in [0.05, 0.1) is 5.69 Å². The van der Waals surface area contributed by atoms with Crippen LogP contribution in [0.2, 0.25) is 19.6 Å². The van der Waals surface area contributed by atoms with Crippen molar-refractivity contribution in [2.75, 3.05) is 4.67 Å². The summed E-state index contributed by atoms with van der Waals surface area (Å²) in [5, 5.41) is 0. The van der Waals surface area contributed by atoms with E-state index in [0.29, 0.717) is 0 Å². The average Bonchev–Trinajstić information content (AvgIpc) is 2.13. The summed E-state index contributed by atoms with van der Waals surface area (Å²) in [6, 6.07) is 8.11. The molecule has 0 heterocycles. The van der Waals surface area contributed by atoms with E-state index in [-0.39, 0.29) is 5.91 Å². The van der Waals surface area contributed by atoms with E-state index in [4.69, 9.17) is 0 Å². The van der Waals surface area contributed by atoms with Gasteiger partial charge in [-0.15, -0.1) is 0 Å². The van der Waals surface area contributed by atoms with E-state index in [1.165, 1.54) is 5.56 Å². The van der Waals surface area contributed by atoms with Crippen molar-refractivity contribution in [1.82, 2.24) is 5.43 Å². The van der Waals surface area contributed by atoms with E-state index in [2.05, 4.69) is 38.1 Å². The predicted octanol–water partition coefficient (Wildman–Crippen LogP) is 2.69. The molecule has 0 unspecified atom stereocenters. The highest BCUT2D eigenvalue weighted by Gasteiger charge is 2.26. The highest BCUT2D eigenvalue weighted by atomic mass is 28.3. The highest BCUT2D eigenvalue weighted by molar-refractivity contribution is 6.79. The minimum atomic E-state index is -1.62. The number of nitrogens with zero attached hydrogens (tertiary/aromatic N) is 1. The third-order valence-corrected chi connectivity index (χ3v) is 3.99. The zero-order chi connectivity index (χ0) is 12.3. The zero-order valence-electron chi connectivity index (χ0n) is 10.7. The summed E-state index contributed by atoms with van der Waals surface area (Å²) in [5.41, 5.74) is 5.21. The fourth-order valence-corrected chi connectivity index (χ4v) is 3.03. The van der Waals surface area contributed by atoms with Crippen molar-refractivity contribution in [3.05, 3.63) is 29.8 Å². The van der Waals surface area contributed by atoms with Gasteiger partial charge >= 0.3 is 0 Å². The molecule has 1 N–H and O–H groups in total. The predicted molar refractivity (Wildman–Crippen MR) is 70.8 cm³/mol. The van der Waals surface area contributed by atoms with E-state index >= 15 is 0 Å². The number of hydrazine groups is 1. The van der Waals surface area contributed by atoms with Crippen molar-refractivity contribution in [3.8, 4) is 0 Å². The Morgan fingerprint density at radius 3 is 2.25 bits per heavy atom. The van der Waals surface area contributed by atoms with Crippen LogP contribution in [-0.2, 0) is 4.79 Å². The largest absolute Gasteiger partial charge is 0.314 e. The smallest absolute Gasteiger partial charge is 0.234 e. The second-order valence-electron chi connectivity index (χ2n) is 4.96. The van der Waals surface area contributed by atoms with Gasteiger partial charge in [0.2, 0.25) is 5.91 Å². The molecule has 0 saturated heterocycles. The van der Waals surface area contributed by atoms with E-state index in [9.17, 15) is 4.79 Å². The summed E-state index contributed by atoms with van der Waals surface area (Å²) in [6.07, 6.45) is 0. The molecule has 16 heavy (non-hydrogen) atoms. The minimum absolute atomic E-state index is 0.0225. The molecule has 0 aliphatic rings. The van der Waals surface area contributed by atoms with Crippen molar-refractivity contribution in [2.45, 2.75) is 33.5 Å². The fourth-order valence-electron chi connectivity index (χ4n) is 1.56. The lowest BCUT2D eigenvalue weighted by atomic mass is 10.2. The Bertz CT molecular complexity index is 385. The Balaban J connectivity index is 3.12. The maximum absolute atomic E-state index is 11.3. The van der Waals surface area contributed by atoms with Crippen LogP contribution in [0.25, 0.3) is 0 Å². The van der Waals surface area contributed by atoms with Crippen molar-refractivity contribution < 1.29 is 4.79 Å². The quantitative estimate of drug-likeness (QED) is 0.646. The Labute approximate surface area is 98.5 Å². The first kappa shape index (κ1) is 12.8. The average molecular weight is 236 g/mol. The molecule has 0 aliphatic heterocycles. The summed E-state index contributed by atoms with van der Waals surface area (Å²) >= 11 is 0. The van der Waals surface area contributed by atoms with Crippen LogP contribution >= 0.6 is 0 Å². The molecule has 3 nitrogen and oxygen atoms in total. The fraction of sp³-hybridized carbons (Fsp3) is 0.417. The maximum Gasteiger partial charge on any atom is 0.234 e. The Morgan fingerprint density at radius 2 is 1.81 bits per heavy atom. The monoisotopic (exact) mass is 236 g/mol. The number of carbonyl (C=O) groups is 1. The first-order chi connectivity index (χ1) is 7.32.